The van der Waals surface area contributed by atoms with Gasteiger partial charge >= 0.3 is 5.97 Å². The topological polar surface area (TPSA) is 91.8 Å². The van der Waals surface area contributed by atoms with Crippen LogP contribution in [0.25, 0.3) is 0 Å². The van der Waals surface area contributed by atoms with Crippen LogP contribution in [0.2, 0.25) is 0 Å². The number of hydrogen-bond donors (Lipinski definition) is 1. The summed E-state index contributed by atoms with van der Waals surface area (Å²) in [4.78, 5) is 45.9. The predicted octanol–water partition coefficient (Wildman–Crippen LogP) is 0.674. The number of benzene rings is 1. The maximum Gasteiger partial charge on any atom is 0.335 e. The van der Waals surface area contributed by atoms with Crippen molar-refractivity contribution in [1.82, 2.24) is 4.90 Å². The monoisotopic (exact) mass is 247 g/mol. The number of carboxylic acid groups (broad SMARTS) is 1. The predicted molar refractivity (Wildman–Crippen MR) is 58.8 cm³/mol. The molecule has 2 rings (SSSR count). The summed E-state index contributed by atoms with van der Waals surface area (Å²) < 4.78 is 0. The Morgan fingerprint density at radius 3 is 1.83 bits per heavy atom. The van der Waals surface area contributed by atoms with Crippen molar-refractivity contribution in [2.75, 3.05) is 0 Å². The number of carboxylic acids is 1. The van der Waals surface area contributed by atoms with Crippen LogP contribution >= 0.6 is 0 Å². The molecular weight excluding hydrogens is 238 g/mol. The van der Waals surface area contributed by atoms with Gasteiger partial charge in [-0.3, -0.25) is 14.4 Å². The Morgan fingerprint density at radius 1 is 0.944 bits per heavy atom. The first kappa shape index (κ1) is 12.0. The fraction of sp³-hybridized carbons (Fsp3) is 0.167. The molecule has 0 spiro atoms. The third kappa shape index (κ3) is 2.00. The highest BCUT2D eigenvalue weighted by Crippen LogP contribution is 2.16. The van der Waals surface area contributed by atoms with Crippen molar-refractivity contribution >= 4 is 23.7 Å². The molecule has 0 unspecified atom stereocenters. The molecule has 3 amide bonds. The highest BCUT2D eigenvalue weighted by Gasteiger charge is 2.34. The maximum atomic E-state index is 11.9. The van der Waals surface area contributed by atoms with Crippen LogP contribution in [0.4, 0.5) is 0 Å². The first-order chi connectivity index (χ1) is 8.50. The molecule has 1 heterocycles. The number of carbonyl (C=O) groups is 4. The molecule has 0 atom stereocenters. The summed E-state index contributed by atoms with van der Waals surface area (Å²) in [6.07, 6.45) is 0.0789. The zero-order valence-electron chi connectivity index (χ0n) is 9.25. The third-order valence-corrected chi connectivity index (χ3v) is 2.63. The summed E-state index contributed by atoms with van der Waals surface area (Å²) in [5, 5.41) is 8.71. The normalized spacial score (nSPS) is 15.0. The molecule has 1 aliphatic heterocycles. The maximum absolute atomic E-state index is 11.9. The van der Waals surface area contributed by atoms with Crippen molar-refractivity contribution in [2.24, 2.45) is 0 Å². The standard InChI is InChI=1S/C12H9NO5/c14-9-5-6-10(15)13(9)11(16)7-1-3-8(4-2-7)12(17)18/h1-4H,5-6H2,(H,17,18). The van der Waals surface area contributed by atoms with Crippen LogP contribution in [0, 0.1) is 0 Å². The lowest BCUT2D eigenvalue weighted by molar-refractivity contribution is -0.134. The molecule has 1 aromatic rings. The van der Waals surface area contributed by atoms with Crippen LogP contribution in [0.3, 0.4) is 0 Å². The number of imide groups is 3. The van der Waals surface area contributed by atoms with Gasteiger partial charge in [0.25, 0.3) is 5.91 Å². The number of amides is 3. The van der Waals surface area contributed by atoms with Gasteiger partial charge in [-0.1, -0.05) is 0 Å². The minimum absolute atomic E-state index is 0.0330. The Balaban J connectivity index is 2.26. The van der Waals surface area contributed by atoms with E-state index in [4.69, 9.17) is 5.11 Å². The molecule has 18 heavy (non-hydrogen) atoms. The van der Waals surface area contributed by atoms with Crippen LogP contribution in [0.1, 0.15) is 33.6 Å². The molecule has 1 aromatic carbocycles. The Morgan fingerprint density at radius 2 is 1.39 bits per heavy atom. The zero-order chi connectivity index (χ0) is 13.3. The van der Waals surface area contributed by atoms with E-state index in [1.54, 1.807) is 0 Å². The van der Waals surface area contributed by atoms with Crippen molar-refractivity contribution in [3.05, 3.63) is 35.4 Å². The molecule has 0 aromatic heterocycles. The third-order valence-electron chi connectivity index (χ3n) is 2.63. The van der Waals surface area contributed by atoms with E-state index >= 15 is 0 Å². The van der Waals surface area contributed by atoms with Crippen molar-refractivity contribution in [3.8, 4) is 0 Å². The first-order valence-corrected chi connectivity index (χ1v) is 5.24. The second-order valence-electron chi connectivity index (χ2n) is 3.81. The first-order valence-electron chi connectivity index (χ1n) is 5.24. The molecule has 1 aliphatic rings. The average molecular weight is 247 g/mol. The Kier molecular flexibility index (Phi) is 2.93. The van der Waals surface area contributed by atoms with E-state index in [0.29, 0.717) is 4.90 Å². The summed E-state index contributed by atoms with van der Waals surface area (Å²) in [5.74, 6) is -2.86. The van der Waals surface area contributed by atoms with Crippen molar-refractivity contribution in [3.63, 3.8) is 0 Å². The molecule has 6 nitrogen and oxygen atoms in total. The van der Waals surface area contributed by atoms with Crippen LogP contribution < -0.4 is 0 Å². The lowest BCUT2D eigenvalue weighted by Gasteiger charge is -2.11. The molecule has 1 fully saturated rings. The van der Waals surface area contributed by atoms with Gasteiger partial charge in [-0.2, -0.15) is 0 Å². The summed E-state index contributed by atoms with van der Waals surface area (Å²) in [6, 6.07) is 5.07. The molecule has 6 heteroatoms. The summed E-state index contributed by atoms with van der Waals surface area (Å²) in [5.41, 5.74) is 0.147. The van der Waals surface area contributed by atoms with Crippen LogP contribution in [0.15, 0.2) is 24.3 Å². The van der Waals surface area contributed by atoms with Crippen molar-refractivity contribution in [1.29, 1.82) is 0 Å². The lowest BCUT2D eigenvalue weighted by Crippen LogP contribution is -2.35. The smallest absolute Gasteiger partial charge is 0.335 e. The van der Waals surface area contributed by atoms with E-state index in [9.17, 15) is 19.2 Å². The van der Waals surface area contributed by atoms with Gasteiger partial charge in [-0.15, -0.1) is 0 Å². The number of rotatable bonds is 2. The minimum atomic E-state index is -1.11. The number of carbonyl (C=O) groups excluding carboxylic acids is 3. The Bertz CT molecular complexity index is 530. The fourth-order valence-corrected chi connectivity index (χ4v) is 1.69. The van der Waals surface area contributed by atoms with Gasteiger partial charge in [-0.05, 0) is 24.3 Å². The van der Waals surface area contributed by atoms with Gasteiger partial charge in [0.1, 0.15) is 0 Å². The molecule has 0 saturated carbocycles. The number of likely N-dealkylation sites (tertiary alicyclic amines) is 1. The van der Waals surface area contributed by atoms with Gasteiger partial charge in [0, 0.05) is 18.4 Å². The number of aromatic carboxylic acids is 1. The summed E-state index contributed by atoms with van der Waals surface area (Å²) >= 11 is 0. The van der Waals surface area contributed by atoms with E-state index in [2.05, 4.69) is 0 Å². The van der Waals surface area contributed by atoms with Crippen LogP contribution in [-0.4, -0.2) is 33.7 Å². The largest absolute Gasteiger partial charge is 0.478 e. The second-order valence-corrected chi connectivity index (χ2v) is 3.81. The fourth-order valence-electron chi connectivity index (χ4n) is 1.69. The highest BCUT2D eigenvalue weighted by molar-refractivity contribution is 6.19. The second kappa shape index (κ2) is 4.40. The van der Waals surface area contributed by atoms with Crippen molar-refractivity contribution in [2.45, 2.75) is 12.8 Å². The van der Waals surface area contributed by atoms with Gasteiger partial charge in [0.15, 0.2) is 0 Å². The van der Waals surface area contributed by atoms with Gasteiger partial charge < -0.3 is 5.11 Å². The highest BCUT2D eigenvalue weighted by atomic mass is 16.4. The molecule has 1 saturated heterocycles. The molecule has 0 aliphatic carbocycles. The molecule has 0 bridgehead atoms. The van der Waals surface area contributed by atoms with Gasteiger partial charge in [0.05, 0.1) is 5.56 Å². The van der Waals surface area contributed by atoms with E-state index in [1.807, 2.05) is 0 Å². The molecule has 92 valence electrons. The van der Waals surface area contributed by atoms with Crippen LogP contribution in [-0.2, 0) is 9.59 Å². The zero-order valence-corrected chi connectivity index (χ0v) is 9.25. The Labute approximate surface area is 102 Å². The SMILES string of the molecule is O=C(O)c1ccc(C(=O)N2C(=O)CCC2=O)cc1. The van der Waals surface area contributed by atoms with Gasteiger partial charge in [-0.25, -0.2) is 9.69 Å². The summed E-state index contributed by atoms with van der Waals surface area (Å²) in [6.45, 7) is 0. The molecule has 1 N–H and O–H groups in total. The van der Waals surface area contributed by atoms with Gasteiger partial charge in [0.2, 0.25) is 11.8 Å². The average Bonchev–Trinajstić information content (AvgIpc) is 2.68. The van der Waals surface area contributed by atoms with Crippen molar-refractivity contribution < 1.29 is 24.3 Å². The lowest BCUT2D eigenvalue weighted by atomic mass is 10.1. The Hall–Kier alpha value is -2.50. The van der Waals surface area contributed by atoms with E-state index in [-0.39, 0.29) is 24.0 Å². The van der Waals surface area contributed by atoms with E-state index < -0.39 is 23.7 Å². The molecule has 0 radical (unpaired) electrons. The van der Waals surface area contributed by atoms with E-state index in [0.717, 1.165) is 0 Å². The van der Waals surface area contributed by atoms with E-state index in [1.165, 1.54) is 24.3 Å². The summed E-state index contributed by atoms with van der Waals surface area (Å²) in [7, 11) is 0. The molecular formula is C12H9NO5. The number of nitrogens with zero attached hydrogens (tertiary/aromatic N) is 1. The quantitative estimate of drug-likeness (QED) is 0.775. The van der Waals surface area contributed by atoms with Crippen LogP contribution in [0.5, 0.6) is 0 Å². The number of hydrogen-bond acceptors (Lipinski definition) is 4. The minimum Gasteiger partial charge on any atom is -0.478 e.